The second-order valence-corrected chi connectivity index (χ2v) is 8.00. The Morgan fingerprint density at radius 3 is 3.00 bits per heavy atom. The van der Waals surface area contributed by atoms with Gasteiger partial charge in [0.2, 0.25) is 0 Å². The van der Waals surface area contributed by atoms with Crippen LogP contribution < -0.4 is 4.74 Å². The lowest BCUT2D eigenvalue weighted by molar-refractivity contribution is 0.0595. The predicted molar refractivity (Wildman–Crippen MR) is 88.2 cm³/mol. The Labute approximate surface area is 133 Å². The number of hydrogen-bond acceptors (Lipinski definition) is 2. The van der Waals surface area contributed by atoms with Crippen LogP contribution in [0.2, 0.25) is 0 Å². The van der Waals surface area contributed by atoms with Crippen LogP contribution in [0.25, 0.3) is 0 Å². The summed E-state index contributed by atoms with van der Waals surface area (Å²) in [6.45, 7) is 5.21. The van der Waals surface area contributed by atoms with Gasteiger partial charge < -0.3 is 9.84 Å². The van der Waals surface area contributed by atoms with Gasteiger partial charge in [-0.15, -0.1) is 0 Å². The van der Waals surface area contributed by atoms with Crippen molar-refractivity contribution in [1.82, 2.24) is 0 Å². The number of fused-ring (bicyclic) bond motifs is 5. The van der Waals surface area contributed by atoms with Crippen molar-refractivity contribution < 1.29 is 9.84 Å². The van der Waals surface area contributed by atoms with Gasteiger partial charge in [-0.25, -0.2) is 0 Å². The summed E-state index contributed by atoms with van der Waals surface area (Å²) in [5.74, 6) is 3.24. The minimum absolute atomic E-state index is 0.0597. The first-order chi connectivity index (χ1) is 10.6. The van der Waals surface area contributed by atoms with Crippen molar-refractivity contribution in [1.29, 1.82) is 0 Å². The molecule has 22 heavy (non-hydrogen) atoms. The maximum Gasteiger partial charge on any atom is 0.119 e. The Bertz CT molecular complexity index is 567. The van der Waals surface area contributed by atoms with Gasteiger partial charge in [-0.05, 0) is 91.9 Å². The second kappa shape index (κ2) is 5.26. The third-order valence-corrected chi connectivity index (χ3v) is 6.76. The molecular formula is C20H28O2. The summed E-state index contributed by atoms with van der Waals surface area (Å²) >= 11 is 0. The Morgan fingerprint density at radius 1 is 1.32 bits per heavy atom. The smallest absolute Gasteiger partial charge is 0.119 e. The molecule has 0 bridgehead atoms. The normalized spacial score (nSPS) is 39.8. The lowest BCUT2D eigenvalue weighted by Crippen LogP contribution is -2.39. The zero-order valence-corrected chi connectivity index (χ0v) is 13.8. The molecule has 1 aromatic rings. The molecule has 0 amide bonds. The van der Waals surface area contributed by atoms with Gasteiger partial charge in [0.05, 0.1) is 12.7 Å². The Hall–Kier alpha value is -1.02. The fourth-order valence-electron chi connectivity index (χ4n) is 5.84. The highest BCUT2D eigenvalue weighted by Crippen LogP contribution is 2.60. The number of ether oxygens (including phenoxy) is 1. The second-order valence-electron chi connectivity index (χ2n) is 8.00. The fourth-order valence-corrected chi connectivity index (χ4v) is 5.84. The van der Waals surface area contributed by atoms with Crippen molar-refractivity contribution in [2.75, 3.05) is 6.61 Å². The molecule has 3 aliphatic carbocycles. The molecule has 3 aliphatic rings. The number of aryl methyl sites for hydroxylation is 1. The van der Waals surface area contributed by atoms with Gasteiger partial charge in [0.15, 0.2) is 0 Å². The largest absolute Gasteiger partial charge is 0.494 e. The molecule has 2 saturated carbocycles. The molecule has 1 aromatic carbocycles. The van der Waals surface area contributed by atoms with Gasteiger partial charge in [0.1, 0.15) is 5.75 Å². The average Bonchev–Trinajstić information content (AvgIpc) is 2.81. The van der Waals surface area contributed by atoms with Crippen LogP contribution in [0.15, 0.2) is 18.2 Å². The molecule has 0 saturated heterocycles. The van der Waals surface area contributed by atoms with E-state index in [4.69, 9.17) is 4.74 Å². The highest BCUT2D eigenvalue weighted by atomic mass is 16.5. The highest BCUT2D eigenvalue weighted by molar-refractivity contribution is 5.40. The molecule has 0 unspecified atom stereocenters. The van der Waals surface area contributed by atoms with Crippen LogP contribution in [0.1, 0.15) is 63.0 Å². The van der Waals surface area contributed by atoms with Crippen molar-refractivity contribution >= 4 is 0 Å². The van der Waals surface area contributed by atoms with Crippen molar-refractivity contribution in [2.24, 2.45) is 17.3 Å². The first kappa shape index (κ1) is 14.6. The van der Waals surface area contributed by atoms with Crippen LogP contribution in [0.5, 0.6) is 5.75 Å². The quantitative estimate of drug-likeness (QED) is 0.882. The van der Waals surface area contributed by atoms with E-state index in [1.54, 1.807) is 5.56 Å². The molecule has 5 atom stereocenters. The van der Waals surface area contributed by atoms with Crippen molar-refractivity contribution in [3.05, 3.63) is 29.3 Å². The minimum Gasteiger partial charge on any atom is -0.494 e. The van der Waals surface area contributed by atoms with Gasteiger partial charge in [-0.1, -0.05) is 13.0 Å². The van der Waals surface area contributed by atoms with E-state index < -0.39 is 0 Å². The van der Waals surface area contributed by atoms with Crippen LogP contribution in [0.3, 0.4) is 0 Å². The molecule has 0 heterocycles. The van der Waals surface area contributed by atoms with E-state index in [1.807, 2.05) is 6.92 Å². The van der Waals surface area contributed by atoms with Crippen LogP contribution in [0.4, 0.5) is 0 Å². The molecule has 2 heteroatoms. The number of rotatable bonds is 2. The van der Waals surface area contributed by atoms with E-state index in [2.05, 4.69) is 25.1 Å². The van der Waals surface area contributed by atoms with Gasteiger partial charge >= 0.3 is 0 Å². The molecular weight excluding hydrogens is 272 g/mol. The number of benzene rings is 1. The van der Waals surface area contributed by atoms with Crippen LogP contribution in [-0.4, -0.2) is 17.8 Å². The molecule has 0 aliphatic heterocycles. The average molecular weight is 300 g/mol. The van der Waals surface area contributed by atoms with Gasteiger partial charge in [0, 0.05) is 0 Å². The van der Waals surface area contributed by atoms with E-state index in [0.717, 1.165) is 37.0 Å². The number of hydrogen-bond donors (Lipinski definition) is 1. The summed E-state index contributed by atoms with van der Waals surface area (Å²) < 4.78 is 5.67. The topological polar surface area (TPSA) is 29.5 Å². The van der Waals surface area contributed by atoms with Gasteiger partial charge in [0.25, 0.3) is 0 Å². The maximum atomic E-state index is 10.2. The minimum atomic E-state index is -0.0597. The predicted octanol–water partition coefficient (Wildman–Crippen LogP) is 4.30. The molecule has 2 nitrogen and oxygen atoms in total. The Morgan fingerprint density at radius 2 is 2.18 bits per heavy atom. The molecule has 2 fully saturated rings. The summed E-state index contributed by atoms with van der Waals surface area (Å²) in [5.41, 5.74) is 3.47. The summed E-state index contributed by atoms with van der Waals surface area (Å²) in [7, 11) is 0. The summed E-state index contributed by atoms with van der Waals surface area (Å²) in [6, 6.07) is 6.75. The van der Waals surface area contributed by atoms with E-state index in [9.17, 15) is 5.11 Å². The van der Waals surface area contributed by atoms with E-state index in [0.29, 0.717) is 11.3 Å². The molecule has 4 rings (SSSR count). The number of aliphatic hydroxyl groups excluding tert-OH is 1. The molecule has 0 radical (unpaired) electrons. The first-order valence-corrected chi connectivity index (χ1v) is 9.04. The third kappa shape index (κ3) is 2.19. The molecule has 0 aromatic heterocycles. The SMILES string of the molecule is CCOc1ccc2c(c1)CC[C@H]1[C@@H]2CC[C@@]2(C)C[C@@H](O)C[C@H]12. The number of aliphatic hydroxyl groups is 1. The Kier molecular flexibility index (Phi) is 3.48. The monoisotopic (exact) mass is 300 g/mol. The van der Waals surface area contributed by atoms with Gasteiger partial charge in [-0.3, -0.25) is 0 Å². The van der Waals surface area contributed by atoms with Crippen molar-refractivity contribution in [3.8, 4) is 5.75 Å². The molecule has 0 spiro atoms. The lowest BCUT2D eigenvalue weighted by Gasteiger charge is -2.49. The zero-order valence-electron chi connectivity index (χ0n) is 13.8. The molecule has 1 N–H and O–H groups in total. The van der Waals surface area contributed by atoms with Crippen molar-refractivity contribution in [2.45, 2.75) is 64.4 Å². The summed E-state index contributed by atoms with van der Waals surface area (Å²) in [5, 5.41) is 10.2. The van der Waals surface area contributed by atoms with E-state index in [1.165, 1.54) is 31.2 Å². The standard InChI is InChI=1S/C20H28O2/c1-3-22-15-5-7-16-13(10-15)4-6-18-17(16)8-9-20(2)12-14(21)11-19(18)20/h5,7,10,14,17-19,21H,3-4,6,8-9,11-12H2,1-2H3/t14-,17+,18-,19+,20-/m0/s1. The summed E-state index contributed by atoms with van der Waals surface area (Å²) in [6.07, 6.45) is 7.05. The Balaban J connectivity index is 1.64. The highest BCUT2D eigenvalue weighted by Gasteiger charge is 2.52. The summed E-state index contributed by atoms with van der Waals surface area (Å²) in [4.78, 5) is 0. The first-order valence-electron chi connectivity index (χ1n) is 9.04. The van der Waals surface area contributed by atoms with E-state index >= 15 is 0 Å². The fraction of sp³-hybridized carbons (Fsp3) is 0.700. The third-order valence-electron chi connectivity index (χ3n) is 6.76. The maximum absolute atomic E-state index is 10.2. The van der Waals surface area contributed by atoms with Crippen LogP contribution >= 0.6 is 0 Å². The van der Waals surface area contributed by atoms with E-state index in [-0.39, 0.29) is 6.10 Å². The molecule has 120 valence electrons. The van der Waals surface area contributed by atoms with Crippen LogP contribution in [0, 0.1) is 17.3 Å². The zero-order chi connectivity index (χ0) is 15.3. The lowest BCUT2D eigenvalue weighted by atomic mass is 9.56. The van der Waals surface area contributed by atoms with Crippen molar-refractivity contribution in [3.63, 3.8) is 0 Å². The van der Waals surface area contributed by atoms with Crippen LogP contribution in [-0.2, 0) is 6.42 Å². The van der Waals surface area contributed by atoms with Gasteiger partial charge in [-0.2, -0.15) is 0 Å².